The molecule has 2 rings (SSSR count). The molecule has 1 aromatic heterocycles. The van der Waals surface area contributed by atoms with Gasteiger partial charge < -0.3 is 16.2 Å². The van der Waals surface area contributed by atoms with Gasteiger partial charge in [-0.3, -0.25) is 0 Å². The Kier molecular flexibility index (Phi) is 3.52. The lowest BCUT2D eigenvalue weighted by Crippen LogP contribution is -2.05. The third-order valence-electron chi connectivity index (χ3n) is 2.38. The predicted octanol–water partition coefficient (Wildman–Crippen LogP) is 2.90. The summed E-state index contributed by atoms with van der Waals surface area (Å²) >= 11 is 5.64. The molecule has 0 saturated carbocycles. The first kappa shape index (κ1) is 13.1. The van der Waals surface area contributed by atoms with Gasteiger partial charge in [0.15, 0.2) is 5.82 Å². The number of aromatic carboxylic acids is 1. The molecule has 0 saturated heterocycles. The molecule has 98 valence electrons. The molecule has 0 aliphatic carbocycles. The number of pyridine rings is 1. The zero-order chi connectivity index (χ0) is 14.0. The summed E-state index contributed by atoms with van der Waals surface area (Å²) in [7, 11) is 0. The van der Waals surface area contributed by atoms with Crippen molar-refractivity contribution in [3.8, 4) is 0 Å². The molecule has 0 aliphatic heterocycles. The SMILES string of the molecule is Nc1cnc(Nc2cccc(Cl)c2F)cc1C(=O)O. The maximum Gasteiger partial charge on any atom is 0.337 e. The lowest BCUT2D eigenvalue weighted by Gasteiger charge is -2.09. The second kappa shape index (κ2) is 5.11. The van der Waals surface area contributed by atoms with E-state index in [1.165, 1.54) is 24.4 Å². The van der Waals surface area contributed by atoms with E-state index >= 15 is 0 Å². The van der Waals surface area contributed by atoms with Gasteiger partial charge in [-0.1, -0.05) is 17.7 Å². The van der Waals surface area contributed by atoms with Crippen LogP contribution in [0.5, 0.6) is 0 Å². The van der Waals surface area contributed by atoms with Crippen molar-refractivity contribution >= 4 is 34.8 Å². The molecule has 0 fully saturated rings. The van der Waals surface area contributed by atoms with Crippen LogP contribution in [0.3, 0.4) is 0 Å². The Morgan fingerprint density at radius 1 is 1.47 bits per heavy atom. The summed E-state index contributed by atoms with van der Waals surface area (Å²) in [4.78, 5) is 14.8. The van der Waals surface area contributed by atoms with E-state index in [9.17, 15) is 9.18 Å². The van der Waals surface area contributed by atoms with E-state index in [4.69, 9.17) is 22.4 Å². The standard InChI is InChI=1S/C12H9ClFN3O2/c13-7-2-1-3-9(11(7)14)17-10-4-6(12(18)19)8(15)5-16-10/h1-5H,15H2,(H,16,17)(H,18,19). The lowest BCUT2D eigenvalue weighted by molar-refractivity contribution is 0.0698. The van der Waals surface area contributed by atoms with E-state index in [1.54, 1.807) is 6.07 Å². The van der Waals surface area contributed by atoms with Crippen LogP contribution in [-0.2, 0) is 0 Å². The molecule has 7 heteroatoms. The number of nitrogen functional groups attached to an aromatic ring is 1. The molecule has 0 unspecified atom stereocenters. The van der Waals surface area contributed by atoms with Crippen molar-refractivity contribution < 1.29 is 14.3 Å². The van der Waals surface area contributed by atoms with Gasteiger partial charge in [0.25, 0.3) is 0 Å². The second-order valence-corrected chi connectivity index (χ2v) is 4.10. The quantitative estimate of drug-likeness (QED) is 0.805. The van der Waals surface area contributed by atoms with Gasteiger partial charge in [0, 0.05) is 0 Å². The van der Waals surface area contributed by atoms with E-state index < -0.39 is 11.8 Å². The number of rotatable bonds is 3. The number of carboxylic acid groups (broad SMARTS) is 1. The molecule has 0 atom stereocenters. The van der Waals surface area contributed by atoms with Crippen LogP contribution < -0.4 is 11.1 Å². The molecule has 0 spiro atoms. The number of carboxylic acids is 1. The monoisotopic (exact) mass is 281 g/mol. The van der Waals surface area contributed by atoms with Crippen molar-refractivity contribution in [3.63, 3.8) is 0 Å². The van der Waals surface area contributed by atoms with Gasteiger partial charge in [0.1, 0.15) is 5.82 Å². The predicted molar refractivity (Wildman–Crippen MR) is 70.3 cm³/mol. The minimum absolute atomic E-state index is 0.0321. The Bertz CT molecular complexity index is 649. The van der Waals surface area contributed by atoms with Gasteiger partial charge in [-0.15, -0.1) is 0 Å². The minimum Gasteiger partial charge on any atom is -0.478 e. The van der Waals surface area contributed by atoms with Crippen LogP contribution >= 0.6 is 11.6 Å². The fourth-order valence-corrected chi connectivity index (χ4v) is 1.63. The lowest BCUT2D eigenvalue weighted by atomic mass is 10.2. The van der Waals surface area contributed by atoms with Crippen LogP contribution in [0.2, 0.25) is 5.02 Å². The molecule has 2 aromatic rings. The maximum absolute atomic E-state index is 13.7. The third kappa shape index (κ3) is 2.74. The zero-order valence-corrected chi connectivity index (χ0v) is 10.3. The highest BCUT2D eigenvalue weighted by Crippen LogP contribution is 2.25. The number of nitrogens with one attached hydrogen (secondary N) is 1. The van der Waals surface area contributed by atoms with E-state index in [0.717, 1.165) is 0 Å². The summed E-state index contributed by atoms with van der Waals surface area (Å²) in [6.45, 7) is 0. The Labute approximate surface area is 112 Å². The van der Waals surface area contributed by atoms with Gasteiger partial charge in [-0.2, -0.15) is 0 Å². The smallest absolute Gasteiger partial charge is 0.337 e. The summed E-state index contributed by atoms with van der Waals surface area (Å²) < 4.78 is 13.7. The van der Waals surface area contributed by atoms with Gasteiger partial charge in [-0.25, -0.2) is 14.2 Å². The van der Waals surface area contributed by atoms with Gasteiger partial charge in [-0.05, 0) is 18.2 Å². The molecule has 0 bridgehead atoms. The molecule has 5 nitrogen and oxygen atoms in total. The molecule has 0 aliphatic rings. The number of anilines is 3. The van der Waals surface area contributed by atoms with E-state index in [1.807, 2.05) is 0 Å². The van der Waals surface area contributed by atoms with Crippen LogP contribution in [0, 0.1) is 5.82 Å². The maximum atomic E-state index is 13.7. The number of nitrogens with zero attached hydrogens (tertiary/aromatic N) is 1. The molecule has 0 radical (unpaired) electrons. The highest BCUT2D eigenvalue weighted by Gasteiger charge is 2.11. The first-order chi connectivity index (χ1) is 8.99. The third-order valence-corrected chi connectivity index (χ3v) is 2.67. The first-order valence-electron chi connectivity index (χ1n) is 5.19. The van der Waals surface area contributed by atoms with Crippen LogP contribution in [-0.4, -0.2) is 16.1 Å². The highest BCUT2D eigenvalue weighted by molar-refractivity contribution is 6.31. The summed E-state index contributed by atoms with van der Waals surface area (Å²) in [6, 6.07) is 5.64. The number of carbonyl (C=O) groups is 1. The number of hydrogen-bond acceptors (Lipinski definition) is 4. The van der Waals surface area contributed by atoms with Crippen molar-refractivity contribution in [1.82, 2.24) is 4.98 Å². The van der Waals surface area contributed by atoms with Crippen LogP contribution in [0.25, 0.3) is 0 Å². The second-order valence-electron chi connectivity index (χ2n) is 3.69. The molecule has 1 heterocycles. The average Bonchev–Trinajstić information content (AvgIpc) is 2.37. The van der Waals surface area contributed by atoms with Crippen molar-refractivity contribution in [2.75, 3.05) is 11.1 Å². The zero-order valence-electron chi connectivity index (χ0n) is 9.52. The van der Waals surface area contributed by atoms with E-state index in [-0.39, 0.29) is 27.8 Å². The van der Waals surface area contributed by atoms with Crippen molar-refractivity contribution in [2.24, 2.45) is 0 Å². The molecule has 4 N–H and O–H groups in total. The summed E-state index contributed by atoms with van der Waals surface area (Å²) in [5, 5.41) is 11.5. The van der Waals surface area contributed by atoms with Crippen LogP contribution in [0.15, 0.2) is 30.5 Å². The number of hydrogen-bond donors (Lipinski definition) is 3. The molecule has 19 heavy (non-hydrogen) atoms. The van der Waals surface area contributed by atoms with Crippen molar-refractivity contribution in [2.45, 2.75) is 0 Å². The fraction of sp³-hybridized carbons (Fsp3) is 0. The normalized spacial score (nSPS) is 10.2. The molecular weight excluding hydrogens is 273 g/mol. The van der Waals surface area contributed by atoms with Crippen molar-refractivity contribution in [3.05, 3.63) is 46.9 Å². The summed E-state index contributed by atoms with van der Waals surface area (Å²) in [5.74, 6) is -1.66. The number of nitrogens with two attached hydrogens (primary N) is 1. The molecule has 1 aromatic carbocycles. The largest absolute Gasteiger partial charge is 0.478 e. The van der Waals surface area contributed by atoms with Crippen molar-refractivity contribution in [1.29, 1.82) is 0 Å². The Morgan fingerprint density at radius 3 is 2.89 bits per heavy atom. The number of halogens is 2. The summed E-state index contributed by atoms with van der Waals surface area (Å²) in [6.07, 6.45) is 1.19. The van der Waals surface area contributed by atoms with Crippen LogP contribution in [0.4, 0.5) is 21.6 Å². The molecule has 0 amide bonds. The fourth-order valence-electron chi connectivity index (χ4n) is 1.46. The highest BCUT2D eigenvalue weighted by atomic mass is 35.5. The minimum atomic E-state index is -1.19. The van der Waals surface area contributed by atoms with Gasteiger partial charge >= 0.3 is 5.97 Å². The average molecular weight is 282 g/mol. The number of benzene rings is 1. The number of aromatic nitrogens is 1. The first-order valence-corrected chi connectivity index (χ1v) is 5.56. The Hall–Kier alpha value is -2.34. The Balaban J connectivity index is 2.36. The van der Waals surface area contributed by atoms with Gasteiger partial charge in [0.05, 0.1) is 28.2 Å². The Morgan fingerprint density at radius 2 is 2.21 bits per heavy atom. The molecular formula is C12H9ClFN3O2. The summed E-state index contributed by atoms with van der Waals surface area (Å²) in [5.41, 5.74) is 5.49. The topological polar surface area (TPSA) is 88.2 Å². The van der Waals surface area contributed by atoms with Gasteiger partial charge in [0.2, 0.25) is 0 Å². The van der Waals surface area contributed by atoms with E-state index in [0.29, 0.717) is 0 Å². The van der Waals surface area contributed by atoms with Crippen LogP contribution in [0.1, 0.15) is 10.4 Å². The van der Waals surface area contributed by atoms with E-state index in [2.05, 4.69) is 10.3 Å².